The maximum atomic E-state index is 6.74. The highest BCUT2D eigenvalue weighted by Gasteiger charge is 2.19. The van der Waals surface area contributed by atoms with Crippen LogP contribution in [0.4, 0.5) is 0 Å². The summed E-state index contributed by atoms with van der Waals surface area (Å²) in [5.74, 6) is 0.490. The number of benzene rings is 9. The molecule has 1 heterocycles. The first kappa shape index (κ1) is 34.4. The van der Waals surface area contributed by atoms with Gasteiger partial charge in [0.15, 0.2) is 0 Å². The summed E-state index contributed by atoms with van der Waals surface area (Å²) in [7, 11) is 0. The van der Waals surface area contributed by atoms with Crippen molar-refractivity contribution in [1.29, 1.82) is 0 Å². The fourth-order valence-electron chi connectivity index (χ4n) is 8.26. The lowest BCUT2D eigenvalue weighted by Gasteiger charge is -2.19. The predicted octanol–water partition coefficient (Wildman–Crippen LogP) is 14.4. The number of hydrogen-bond acceptors (Lipinski definition) is 2. The van der Waals surface area contributed by atoms with Crippen molar-refractivity contribution in [2.75, 3.05) is 0 Å². The fourth-order valence-corrected chi connectivity index (χ4v) is 9.39. The lowest BCUT2D eigenvalue weighted by atomic mass is 9.84. The number of amidine groups is 1. The van der Waals surface area contributed by atoms with Gasteiger partial charge in [0.05, 0.1) is 5.70 Å². The molecule has 0 saturated heterocycles. The first-order chi connectivity index (χ1) is 28.2. The Morgan fingerprint density at radius 1 is 0.491 bits per heavy atom. The van der Waals surface area contributed by atoms with Gasteiger partial charge in [-0.3, -0.25) is 0 Å². The van der Waals surface area contributed by atoms with E-state index in [1.165, 1.54) is 75.1 Å². The van der Waals surface area contributed by atoms with Crippen molar-refractivity contribution in [3.8, 4) is 32.7 Å². The SMILES string of the molecule is NC(=N/C(=C\Cc1ccccc1-c1cc2ccccc2s1)c1ccc(-c2c3ccccc3c(-c3ccccc3)c3ccc4ccccc4c23)cc1)c1ccccc1. The summed E-state index contributed by atoms with van der Waals surface area (Å²) in [5.41, 5.74) is 16.8. The number of rotatable bonds is 8. The Bertz CT molecular complexity index is 3100. The number of aliphatic imine (C=N–C) groups is 1. The van der Waals surface area contributed by atoms with Crippen molar-refractivity contribution in [2.24, 2.45) is 10.7 Å². The van der Waals surface area contributed by atoms with Crippen LogP contribution >= 0.6 is 11.3 Å². The van der Waals surface area contributed by atoms with Crippen molar-refractivity contribution < 1.29 is 0 Å². The Morgan fingerprint density at radius 3 is 1.88 bits per heavy atom. The quantitative estimate of drug-likeness (QED) is 0.0715. The molecule has 0 bridgehead atoms. The largest absolute Gasteiger partial charge is 0.383 e. The summed E-state index contributed by atoms with van der Waals surface area (Å²) in [5, 5.41) is 8.72. The van der Waals surface area contributed by atoms with Gasteiger partial charge in [-0.2, -0.15) is 0 Å². The second-order valence-corrected chi connectivity index (χ2v) is 15.5. The Kier molecular flexibility index (Phi) is 8.98. The van der Waals surface area contributed by atoms with E-state index in [4.69, 9.17) is 10.7 Å². The summed E-state index contributed by atoms with van der Waals surface area (Å²) >= 11 is 1.84. The van der Waals surface area contributed by atoms with E-state index in [1.807, 2.05) is 41.7 Å². The fraction of sp³-hybridized carbons (Fsp3) is 0.0185. The van der Waals surface area contributed by atoms with E-state index in [1.54, 1.807) is 0 Å². The average molecular weight is 747 g/mol. The van der Waals surface area contributed by atoms with E-state index in [0.717, 1.165) is 22.4 Å². The van der Waals surface area contributed by atoms with Gasteiger partial charge < -0.3 is 5.73 Å². The van der Waals surface area contributed by atoms with Crippen molar-refractivity contribution in [2.45, 2.75) is 6.42 Å². The molecular formula is C54H38N2S. The second-order valence-electron chi connectivity index (χ2n) is 14.4. The van der Waals surface area contributed by atoms with Crippen LogP contribution in [-0.4, -0.2) is 5.84 Å². The minimum atomic E-state index is 0.490. The van der Waals surface area contributed by atoms with Gasteiger partial charge in [0.1, 0.15) is 5.84 Å². The third-order valence-corrected chi connectivity index (χ3v) is 12.1. The van der Waals surface area contributed by atoms with Gasteiger partial charge in [-0.05, 0) is 95.2 Å². The minimum absolute atomic E-state index is 0.490. The van der Waals surface area contributed by atoms with Crippen molar-refractivity contribution in [3.05, 3.63) is 223 Å². The van der Waals surface area contributed by atoms with Gasteiger partial charge in [0.25, 0.3) is 0 Å². The lowest BCUT2D eigenvalue weighted by molar-refractivity contribution is 1.26. The molecule has 0 amide bonds. The molecule has 1 aromatic heterocycles. The Hall–Kier alpha value is -7.07. The molecule has 3 heteroatoms. The summed E-state index contributed by atoms with van der Waals surface area (Å²) in [6.45, 7) is 0. The van der Waals surface area contributed by atoms with Crippen LogP contribution in [0.25, 0.3) is 80.8 Å². The van der Waals surface area contributed by atoms with E-state index in [2.05, 4.69) is 176 Å². The number of hydrogen-bond donors (Lipinski definition) is 1. The zero-order chi connectivity index (χ0) is 38.1. The number of nitrogens with two attached hydrogens (primary N) is 1. The molecule has 270 valence electrons. The van der Waals surface area contributed by atoms with Gasteiger partial charge in [-0.15, -0.1) is 11.3 Å². The van der Waals surface area contributed by atoms with Crippen LogP contribution in [0.2, 0.25) is 0 Å². The zero-order valence-corrected chi connectivity index (χ0v) is 32.1. The predicted molar refractivity (Wildman–Crippen MR) is 246 cm³/mol. The first-order valence-corrected chi connectivity index (χ1v) is 20.2. The second kappa shape index (κ2) is 14.9. The zero-order valence-electron chi connectivity index (χ0n) is 31.3. The van der Waals surface area contributed by atoms with Crippen LogP contribution in [-0.2, 0) is 6.42 Å². The molecule has 0 saturated carbocycles. The van der Waals surface area contributed by atoms with Crippen LogP contribution < -0.4 is 5.73 Å². The molecule has 0 aliphatic rings. The molecule has 0 aliphatic heterocycles. The number of fused-ring (bicyclic) bond motifs is 5. The maximum Gasteiger partial charge on any atom is 0.131 e. The summed E-state index contributed by atoms with van der Waals surface area (Å²) in [6, 6.07) is 71.5. The van der Waals surface area contributed by atoms with E-state index >= 15 is 0 Å². The third-order valence-electron chi connectivity index (χ3n) is 11.0. The molecule has 0 unspecified atom stereocenters. The standard InChI is InChI=1S/C54H38N2S/c55-54(41-19-5-2-6-20-41)56-48(34-32-36-15-7-10-22-43(36)50-35-42-21-9-14-26-49(42)57-50)38-27-29-40(30-28-38)52-46-25-13-12-24-45(46)51(39-17-3-1-4-18-39)47-33-31-37-16-8-11-23-44(37)53(47)52/h1-31,33-35H,32H2,(H2,55,56)/b48-34-. The molecular weight excluding hydrogens is 709 g/mol. The highest BCUT2D eigenvalue weighted by molar-refractivity contribution is 7.22. The molecule has 0 aliphatic carbocycles. The normalized spacial score (nSPS) is 12.2. The molecule has 2 nitrogen and oxygen atoms in total. The van der Waals surface area contributed by atoms with Crippen LogP contribution in [0.15, 0.2) is 211 Å². The van der Waals surface area contributed by atoms with Crippen molar-refractivity contribution in [3.63, 3.8) is 0 Å². The highest BCUT2D eigenvalue weighted by Crippen LogP contribution is 2.46. The van der Waals surface area contributed by atoms with E-state index < -0.39 is 0 Å². The van der Waals surface area contributed by atoms with Crippen molar-refractivity contribution in [1.82, 2.24) is 0 Å². The summed E-state index contributed by atoms with van der Waals surface area (Å²) in [6.07, 6.45) is 2.93. The van der Waals surface area contributed by atoms with Gasteiger partial charge in [0.2, 0.25) is 0 Å². The molecule has 0 radical (unpaired) electrons. The molecule has 0 atom stereocenters. The molecule has 57 heavy (non-hydrogen) atoms. The molecule has 0 spiro atoms. The van der Waals surface area contributed by atoms with Crippen LogP contribution in [0.1, 0.15) is 16.7 Å². The van der Waals surface area contributed by atoms with Crippen molar-refractivity contribution >= 4 is 65.3 Å². The lowest BCUT2D eigenvalue weighted by Crippen LogP contribution is -2.13. The average Bonchev–Trinajstić information content (AvgIpc) is 3.72. The van der Waals surface area contributed by atoms with E-state index in [9.17, 15) is 0 Å². The highest BCUT2D eigenvalue weighted by atomic mass is 32.1. The number of thiophene rings is 1. The summed E-state index contributed by atoms with van der Waals surface area (Å²) < 4.78 is 1.29. The Morgan fingerprint density at radius 2 is 1.11 bits per heavy atom. The number of nitrogens with zero attached hydrogens (tertiary/aromatic N) is 1. The monoisotopic (exact) mass is 746 g/mol. The van der Waals surface area contributed by atoms with Crippen LogP contribution in [0, 0.1) is 0 Å². The molecule has 0 fully saturated rings. The van der Waals surface area contributed by atoms with Crippen LogP contribution in [0.5, 0.6) is 0 Å². The van der Waals surface area contributed by atoms with Crippen LogP contribution in [0.3, 0.4) is 0 Å². The third kappa shape index (κ3) is 6.48. The Labute approximate surface area is 336 Å². The first-order valence-electron chi connectivity index (χ1n) is 19.4. The molecule has 2 N–H and O–H groups in total. The smallest absolute Gasteiger partial charge is 0.131 e. The molecule has 10 aromatic rings. The van der Waals surface area contributed by atoms with E-state index in [-0.39, 0.29) is 0 Å². The van der Waals surface area contributed by atoms with Gasteiger partial charge in [0, 0.05) is 15.1 Å². The molecule has 10 rings (SSSR count). The maximum absolute atomic E-state index is 6.74. The van der Waals surface area contributed by atoms with E-state index in [0.29, 0.717) is 12.3 Å². The summed E-state index contributed by atoms with van der Waals surface area (Å²) in [4.78, 5) is 6.38. The Balaban J connectivity index is 1.12. The number of allylic oxidation sites excluding steroid dienone is 1. The van der Waals surface area contributed by atoms with Gasteiger partial charge in [-0.25, -0.2) is 4.99 Å². The molecule has 9 aromatic carbocycles. The van der Waals surface area contributed by atoms with Gasteiger partial charge >= 0.3 is 0 Å². The van der Waals surface area contributed by atoms with Gasteiger partial charge in [-0.1, -0.05) is 194 Å². The minimum Gasteiger partial charge on any atom is -0.383 e. The topological polar surface area (TPSA) is 38.4 Å².